The van der Waals surface area contributed by atoms with Crippen LogP contribution in [-0.2, 0) is 0 Å². The van der Waals surface area contributed by atoms with Gasteiger partial charge in [0.25, 0.3) is 0 Å². The Hall–Kier alpha value is 0.0700. The molecular formula is C2HClN2S2. The first-order valence-corrected chi connectivity index (χ1v) is 3.10. The zero-order valence-corrected chi connectivity index (χ0v) is 5.53. The topological polar surface area (TPSA) is 28.7 Å². The molecule has 0 aliphatic heterocycles. The first kappa shape index (κ1) is 5.21. The Labute approximate surface area is 54.3 Å². The average molecular weight is 153 g/mol. The fourth-order valence-corrected chi connectivity index (χ4v) is 1.08. The number of H-pyrrole nitrogens is 1. The maximum atomic E-state index is 5.34. The van der Waals surface area contributed by atoms with Crippen molar-refractivity contribution < 1.29 is 0 Å². The van der Waals surface area contributed by atoms with E-state index >= 15 is 0 Å². The van der Waals surface area contributed by atoms with Crippen LogP contribution in [0.3, 0.4) is 0 Å². The van der Waals surface area contributed by atoms with Gasteiger partial charge in [-0.2, -0.15) is 4.98 Å². The standard InChI is InChI=1S/C2HClN2S2/c3-1-4-2(6)7-5-1/h(H,4,5,6). The van der Waals surface area contributed by atoms with Crippen LogP contribution < -0.4 is 0 Å². The lowest BCUT2D eigenvalue weighted by molar-refractivity contribution is 1.32. The second-order valence-corrected chi connectivity index (χ2v) is 2.67. The van der Waals surface area contributed by atoms with E-state index in [0.29, 0.717) is 9.24 Å². The molecule has 7 heavy (non-hydrogen) atoms. The van der Waals surface area contributed by atoms with Crippen molar-refractivity contribution in [3.63, 3.8) is 0 Å². The average Bonchev–Trinajstić information content (AvgIpc) is 1.87. The summed E-state index contributed by atoms with van der Waals surface area (Å²) in [6.45, 7) is 0. The summed E-state index contributed by atoms with van der Waals surface area (Å²) in [5.41, 5.74) is 0. The lowest BCUT2D eigenvalue weighted by Gasteiger charge is -1.63. The van der Waals surface area contributed by atoms with Crippen LogP contribution in [0.5, 0.6) is 0 Å². The number of aromatic nitrogens is 2. The van der Waals surface area contributed by atoms with Gasteiger partial charge in [-0.15, -0.1) is 0 Å². The zero-order chi connectivity index (χ0) is 5.28. The molecule has 2 nitrogen and oxygen atoms in total. The van der Waals surface area contributed by atoms with E-state index in [9.17, 15) is 0 Å². The Morgan fingerprint density at radius 2 is 2.57 bits per heavy atom. The number of nitrogens with one attached hydrogen (secondary N) is 1. The molecule has 0 atom stereocenters. The highest BCUT2D eigenvalue weighted by Gasteiger charge is 1.84. The van der Waals surface area contributed by atoms with Gasteiger partial charge in [0.1, 0.15) is 0 Å². The highest BCUT2D eigenvalue weighted by atomic mass is 35.5. The molecule has 0 fully saturated rings. The van der Waals surface area contributed by atoms with Crippen LogP contribution in [0.2, 0.25) is 5.28 Å². The minimum absolute atomic E-state index is 0.370. The van der Waals surface area contributed by atoms with Gasteiger partial charge in [-0.05, 0) is 35.4 Å². The summed E-state index contributed by atoms with van der Waals surface area (Å²) < 4.78 is 3.21. The molecule has 0 unspecified atom stereocenters. The third-order valence-corrected chi connectivity index (χ3v) is 1.61. The monoisotopic (exact) mass is 152 g/mol. The van der Waals surface area contributed by atoms with E-state index in [1.165, 1.54) is 11.5 Å². The molecule has 1 N–H and O–H groups in total. The van der Waals surface area contributed by atoms with Crippen LogP contribution in [0, 0.1) is 3.95 Å². The Morgan fingerprint density at radius 1 is 1.86 bits per heavy atom. The summed E-state index contributed by atoms with van der Waals surface area (Å²) in [6, 6.07) is 0. The van der Waals surface area contributed by atoms with Crippen LogP contribution in [0.15, 0.2) is 0 Å². The second-order valence-electron chi connectivity index (χ2n) is 0.873. The Balaban J connectivity index is 3.30. The van der Waals surface area contributed by atoms with E-state index in [0.717, 1.165) is 0 Å². The molecule has 0 bridgehead atoms. The lowest BCUT2D eigenvalue weighted by atomic mass is 11.3. The normalized spacial score (nSPS) is 9.29. The number of aromatic amines is 1. The summed E-state index contributed by atoms with van der Waals surface area (Å²) in [5.74, 6) is 0. The largest absolute Gasteiger partial charge is 0.283 e. The molecule has 0 saturated carbocycles. The molecule has 0 aliphatic rings. The van der Waals surface area contributed by atoms with Crippen LogP contribution in [0.4, 0.5) is 0 Å². The van der Waals surface area contributed by atoms with Crippen molar-refractivity contribution in [1.82, 2.24) is 9.36 Å². The molecule has 0 aliphatic carbocycles. The minimum Gasteiger partial charge on any atom is -0.283 e. The smallest absolute Gasteiger partial charge is 0.211 e. The molecule has 1 rings (SSSR count). The number of nitrogens with zero attached hydrogens (tertiary/aromatic N) is 1. The summed E-state index contributed by atoms with van der Waals surface area (Å²) in [5, 5.41) is 0.370. The van der Waals surface area contributed by atoms with Gasteiger partial charge in [0, 0.05) is 0 Å². The van der Waals surface area contributed by atoms with E-state index in [1.807, 2.05) is 0 Å². The Kier molecular flexibility index (Phi) is 1.41. The number of hydrogen-bond donors (Lipinski definition) is 1. The van der Waals surface area contributed by atoms with E-state index in [1.54, 1.807) is 0 Å². The minimum atomic E-state index is 0.370. The van der Waals surface area contributed by atoms with Crippen molar-refractivity contribution in [2.24, 2.45) is 0 Å². The third kappa shape index (κ3) is 1.22. The molecule has 0 radical (unpaired) electrons. The number of halogens is 1. The van der Waals surface area contributed by atoms with Gasteiger partial charge >= 0.3 is 0 Å². The summed E-state index contributed by atoms with van der Waals surface area (Å²) in [4.78, 5) is 3.65. The highest BCUT2D eigenvalue weighted by molar-refractivity contribution is 7.73. The summed E-state index contributed by atoms with van der Waals surface area (Å²) in [6.07, 6.45) is 0. The molecule has 1 aromatic heterocycles. The molecular weight excluding hydrogens is 152 g/mol. The van der Waals surface area contributed by atoms with Crippen molar-refractivity contribution >= 4 is 35.4 Å². The molecule has 0 spiro atoms. The van der Waals surface area contributed by atoms with Gasteiger partial charge < -0.3 is 0 Å². The first-order chi connectivity index (χ1) is 3.29. The molecule has 38 valence electrons. The van der Waals surface area contributed by atoms with E-state index in [2.05, 4.69) is 21.6 Å². The lowest BCUT2D eigenvalue weighted by Crippen LogP contribution is -1.58. The van der Waals surface area contributed by atoms with E-state index in [-0.39, 0.29) is 0 Å². The van der Waals surface area contributed by atoms with Gasteiger partial charge in [0.15, 0.2) is 3.95 Å². The molecule has 0 amide bonds. The Morgan fingerprint density at radius 3 is 2.71 bits per heavy atom. The molecule has 0 aromatic carbocycles. The second kappa shape index (κ2) is 1.90. The predicted octanol–water partition coefficient (Wildman–Crippen LogP) is 1.85. The van der Waals surface area contributed by atoms with E-state index < -0.39 is 0 Å². The fourth-order valence-electron chi connectivity index (χ4n) is 0.212. The van der Waals surface area contributed by atoms with Crippen LogP contribution in [0.1, 0.15) is 0 Å². The van der Waals surface area contributed by atoms with E-state index in [4.69, 9.17) is 11.6 Å². The predicted molar refractivity (Wildman–Crippen MR) is 32.3 cm³/mol. The molecule has 5 heteroatoms. The summed E-state index contributed by atoms with van der Waals surface area (Å²) in [7, 11) is 0. The van der Waals surface area contributed by atoms with Gasteiger partial charge in [0.2, 0.25) is 5.28 Å². The van der Waals surface area contributed by atoms with Gasteiger partial charge in [-0.25, -0.2) is 0 Å². The van der Waals surface area contributed by atoms with Gasteiger partial charge in [-0.3, -0.25) is 4.37 Å². The SMILES string of the molecule is S=c1nc(Cl)[nH]s1. The fraction of sp³-hybridized carbons (Fsp3) is 0. The number of hydrogen-bond acceptors (Lipinski definition) is 3. The maximum Gasteiger partial charge on any atom is 0.211 e. The van der Waals surface area contributed by atoms with Crippen LogP contribution in [0.25, 0.3) is 0 Å². The Bertz CT molecular complexity index is 201. The molecule has 1 aromatic rings. The van der Waals surface area contributed by atoms with Crippen LogP contribution >= 0.6 is 35.4 Å². The third-order valence-electron chi connectivity index (χ3n) is 0.412. The van der Waals surface area contributed by atoms with Gasteiger partial charge in [0.05, 0.1) is 0 Å². The zero-order valence-electron chi connectivity index (χ0n) is 3.14. The van der Waals surface area contributed by atoms with Crippen molar-refractivity contribution in [2.75, 3.05) is 0 Å². The van der Waals surface area contributed by atoms with Crippen molar-refractivity contribution in [1.29, 1.82) is 0 Å². The molecule has 0 saturated heterocycles. The highest BCUT2D eigenvalue weighted by Crippen LogP contribution is 2.02. The maximum absolute atomic E-state index is 5.34. The molecule has 1 heterocycles. The first-order valence-electron chi connectivity index (χ1n) is 1.50. The van der Waals surface area contributed by atoms with Crippen molar-refractivity contribution in [3.05, 3.63) is 9.24 Å². The van der Waals surface area contributed by atoms with Crippen molar-refractivity contribution in [2.45, 2.75) is 0 Å². The summed E-state index contributed by atoms with van der Waals surface area (Å²) >= 11 is 11.2. The van der Waals surface area contributed by atoms with Gasteiger partial charge in [-0.1, -0.05) is 0 Å². The quantitative estimate of drug-likeness (QED) is 0.575. The number of rotatable bonds is 0. The van der Waals surface area contributed by atoms with Crippen molar-refractivity contribution in [3.8, 4) is 0 Å². The van der Waals surface area contributed by atoms with Crippen LogP contribution in [-0.4, -0.2) is 9.36 Å².